The van der Waals surface area contributed by atoms with E-state index in [1.165, 1.54) is 18.6 Å². The Morgan fingerprint density at radius 3 is 2.31 bits per heavy atom. The third-order valence-electron chi connectivity index (χ3n) is 6.08. The summed E-state index contributed by atoms with van der Waals surface area (Å²) in [4.78, 5) is 19.9. The van der Waals surface area contributed by atoms with Crippen molar-refractivity contribution in [2.24, 2.45) is 0 Å². The van der Waals surface area contributed by atoms with Crippen molar-refractivity contribution in [2.75, 3.05) is 31.1 Å². The number of rotatable bonds is 3. The molecule has 0 N–H and O–H groups in total. The number of anilines is 1. The Morgan fingerprint density at radius 2 is 1.65 bits per heavy atom. The van der Waals surface area contributed by atoms with E-state index in [2.05, 4.69) is 35.5 Å². The maximum absolute atomic E-state index is 13.2. The molecule has 2 saturated heterocycles. The first-order valence-electron chi connectivity index (χ1n) is 10.0. The van der Waals surface area contributed by atoms with E-state index in [9.17, 15) is 9.18 Å². The van der Waals surface area contributed by atoms with Gasteiger partial charge in [-0.25, -0.2) is 4.39 Å². The average Bonchev–Trinajstić information content (AvgIpc) is 2.87. The van der Waals surface area contributed by atoms with Gasteiger partial charge in [0.2, 0.25) is 5.91 Å². The summed E-state index contributed by atoms with van der Waals surface area (Å²) in [6.45, 7) is 10.0. The van der Waals surface area contributed by atoms with E-state index in [0.29, 0.717) is 12.1 Å². The molecule has 0 spiro atoms. The van der Waals surface area contributed by atoms with Crippen molar-refractivity contribution in [2.45, 2.75) is 64.6 Å². The Hall–Kier alpha value is -1.62. The number of hydrogen-bond acceptors (Lipinski definition) is 3. The lowest BCUT2D eigenvalue weighted by Crippen LogP contribution is -2.55. The summed E-state index contributed by atoms with van der Waals surface area (Å²) in [5, 5.41) is 0. The Labute approximate surface area is 157 Å². The molecule has 144 valence electrons. The van der Waals surface area contributed by atoms with Gasteiger partial charge in [0, 0.05) is 44.0 Å². The van der Waals surface area contributed by atoms with E-state index in [4.69, 9.17) is 0 Å². The Morgan fingerprint density at radius 1 is 1.00 bits per heavy atom. The zero-order valence-electron chi connectivity index (χ0n) is 16.3. The van der Waals surface area contributed by atoms with Crippen LogP contribution in [0.5, 0.6) is 0 Å². The van der Waals surface area contributed by atoms with Gasteiger partial charge in [0.15, 0.2) is 0 Å². The Bertz CT molecular complexity index is 596. The molecule has 0 bridgehead atoms. The van der Waals surface area contributed by atoms with Gasteiger partial charge in [-0.15, -0.1) is 0 Å². The van der Waals surface area contributed by atoms with Crippen LogP contribution in [0.3, 0.4) is 0 Å². The maximum atomic E-state index is 13.2. The number of carbonyl (C=O) groups is 1. The van der Waals surface area contributed by atoms with Crippen molar-refractivity contribution in [3.8, 4) is 0 Å². The molecule has 0 radical (unpaired) electrons. The third-order valence-corrected chi connectivity index (χ3v) is 6.08. The molecular weight excluding hydrogens is 329 g/mol. The van der Waals surface area contributed by atoms with E-state index in [0.717, 1.165) is 51.1 Å². The van der Waals surface area contributed by atoms with Gasteiger partial charge < -0.3 is 9.80 Å². The first kappa shape index (κ1) is 19.2. The predicted molar refractivity (Wildman–Crippen MR) is 104 cm³/mol. The molecule has 2 heterocycles. The van der Waals surface area contributed by atoms with Crippen molar-refractivity contribution in [1.82, 2.24) is 9.80 Å². The average molecular weight is 362 g/mol. The summed E-state index contributed by atoms with van der Waals surface area (Å²) in [6.07, 6.45) is 4.46. The number of benzene rings is 1. The van der Waals surface area contributed by atoms with E-state index < -0.39 is 0 Å². The molecule has 0 saturated carbocycles. The van der Waals surface area contributed by atoms with Crippen LogP contribution in [0.15, 0.2) is 24.3 Å². The van der Waals surface area contributed by atoms with Crippen LogP contribution < -0.4 is 4.90 Å². The van der Waals surface area contributed by atoms with Crippen LogP contribution in [-0.2, 0) is 4.79 Å². The highest BCUT2D eigenvalue weighted by Gasteiger charge is 2.34. The topological polar surface area (TPSA) is 26.8 Å². The van der Waals surface area contributed by atoms with E-state index in [-0.39, 0.29) is 17.8 Å². The van der Waals surface area contributed by atoms with E-state index >= 15 is 0 Å². The first-order chi connectivity index (χ1) is 12.5. The van der Waals surface area contributed by atoms with Crippen LogP contribution in [0.4, 0.5) is 10.1 Å². The molecule has 2 aliphatic rings. The van der Waals surface area contributed by atoms with Crippen molar-refractivity contribution >= 4 is 11.6 Å². The SMILES string of the molecule is CC(C(=O)N1C(C)CCCC1C)N1CCCN(c2ccc(F)cc2)CC1. The molecule has 0 aromatic heterocycles. The molecule has 5 heteroatoms. The fourth-order valence-electron chi connectivity index (χ4n) is 4.46. The van der Waals surface area contributed by atoms with Crippen LogP contribution in [0.2, 0.25) is 0 Å². The molecule has 1 amide bonds. The number of halogens is 1. The van der Waals surface area contributed by atoms with Crippen molar-refractivity contribution < 1.29 is 9.18 Å². The van der Waals surface area contributed by atoms with E-state index in [1.807, 2.05) is 12.1 Å². The molecule has 3 rings (SSSR count). The van der Waals surface area contributed by atoms with E-state index in [1.54, 1.807) is 0 Å². The number of likely N-dealkylation sites (tertiary alicyclic amines) is 1. The summed E-state index contributed by atoms with van der Waals surface area (Å²) in [6, 6.07) is 7.33. The Balaban J connectivity index is 1.62. The molecule has 0 aliphatic carbocycles. The lowest BCUT2D eigenvalue weighted by atomic mass is 9.96. The van der Waals surface area contributed by atoms with Gasteiger partial charge in [-0.2, -0.15) is 0 Å². The summed E-state index contributed by atoms with van der Waals surface area (Å²) in [5.41, 5.74) is 1.06. The van der Waals surface area contributed by atoms with Crippen molar-refractivity contribution in [3.05, 3.63) is 30.1 Å². The van der Waals surface area contributed by atoms with Gasteiger partial charge in [0.05, 0.1) is 6.04 Å². The van der Waals surface area contributed by atoms with Crippen LogP contribution in [0.1, 0.15) is 46.5 Å². The second kappa shape index (κ2) is 8.38. The molecule has 1 aromatic rings. The van der Waals surface area contributed by atoms with Gasteiger partial charge in [-0.1, -0.05) is 0 Å². The highest BCUT2D eigenvalue weighted by atomic mass is 19.1. The summed E-state index contributed by atoms with van der Waals surface area (Å²) in [7, 11) is 0. The lowest BCUT2D eigenvalue weighted by Gasteiger charge is -2.42. The minimum Gasteiger partial charge on any atom is -0.370 e. The third kappa shape index (κ3) is 4.20. The van der Waals surface area contributed by atoms with Crippen LogP contribution in [0.25, 0.3) is 0 Å². The number of hydrogen-bond donors (Lipinski definition) is 0. The van der Waals surface area contributed by atoms with Crippen molar-refractivity contribution in [3.63, 3.8) is 0 Å². The van der Waals surface area contributed by atoms with Gasteiger partial charge in [0.25, 0.3) is 0 Å². The highest BCUT2D eigenvalue weighted by Crippen LogP contribution is 2.25. The second-order valence-electron chi connectivity index (χ2n) is 7.90. The molecular formula is C21H32FN3O. The largest absolute Gasteiger partial charge is 0.370 e. The molecule has 1 aromatic carbocycles. The lowest BCUT2D eigenvalue weighted by molar-refractivity contribution is -0.142. The maximum Gasteiger partial charge on any atom is 0.240 e. The quantitative estimate of drug-likeness (QED) is 0.824. The fourth-order valence-corrected chi connectivity index (χ4v) is 4.46. The number of amides is 1. The van der Waals surface area contributed by atoms with Crippen molar-refractivity contribution in [1.29, 1.82) is 0 Å². The summed E-state index contributed by atoms with van der Waals surface area (Å²) < 4.78 is 13.2. The fraction of sp³-hybridized carbons (Fsp3) is 0.667. The van der Waals surface area contributed by atoms with Crippen LogP contribution >= 0.6 is 0 Å². The second-order valence-corrected chi connectivity index (χ2v) is 7.90. The summed E-state index contributed by atoms with van der Waals surface area (Å²) >= 11 is 0. The zero-order chi connectivity index (χ0) is 18.7. The van der Waals surface area contributed by atoms with Gasteiger partial charge in [0.1, 0.15) is 5.82 Å². The number of piperidine rings is 1. The predicted octanol–water partition coefficient (Wildman–Crippen LogP) is 3.52. The number of nitrogens with zero attached hydrogens (tertiary/aromatic N) is 3. The molecule has 3 unspecified atom stereocenters. The molecule has 26 heavy (non-hydrogen) atoms. The zero-order valence-corrected chi connectivity index (χ0v) is 16.3. The molecule has 3 atom stereocenters. The minimum absolute atomic E-state index is 0.0776. The Kier molecular flexibility index (Phi) is 6.17. The minimum atomic E-state index is -0.200. The molecule has 2 aliphatic heterocycles. The van der Waals surface area contributed by atoms with Gasteiger partial charge in [-0.3, -0.25) is 9.69 Å². The molecule has 4 nitrogen and oxygen atoms in total. The van der Waals surface area contributed by atoms with Gasteiger partial charge >= 0.3 is 0 Å². The smallest absolute Gasteiger partial charge is 0.240 e. The molecule has 2 fully saturated rings. The monoisotopic (exact) mass is 361 g/mol. The first-order valence-corrected chi connectivity index (χ1v) is 10.0. The van der Waals surface area contributed by atoms with Crippen LogP contribution in [0, 0.1) is 5.82 Å². The number of carbonyl (C=O) groups excluding carboxylic acids is 1. The van der Waals surface area contributed by atoms with Crippen LogP contribution in [-0.4, -0.2) is 60.0 Å². The standard InChI is InChI=1S/C21H32FN3O/c1-16-6-4-7-17(2)25(16)21(26)18(3)23-12-5-13-24(15-14-23)20-10-8-19(22)9-11-20/h8-11,16-18H,4-7,12-15H2,1-3H3. The highest BCUT2D eigenvalue weighted by molar-refractivity contribution is 5.82. The summed E-state index contributed by atoms with van der Waals surface area (Å²) in [5.74, 6) is 0.0779. The van der Waals surface area contributed by atoms with Gasteiger partial charge in [-0.05, 0) is 70.7 Å². The normalized spacial score (nSPS) is 26.5.